The highest BCUT2D eigenvalue weighted by molar-refractivity contribution is 7.90. The first-order valence-corrected chi connectivity index (χ1v) is 40.7. The largest absolute Gasteiger partial charge is 0.494 e. The van der Waals surface area contributed by atoms with Gasteiger partial charge in [0.25, 0.3) is 53.4 Å². The number of nitrogen functional groups attached to an aromatic ring is 1. The molecule has 0 saturated carbocycles. The maximum absolute atomic E-state index is 14.8. The molecular weight excluding hydrogens is 1460 g/mol. The normalized spacial score (nSPS) is 18.5. The fourth-order valence-corrected chi connectivity index (χ4v) is 17.8. The molecule has 11 heterocycles. The van der Waals surface area contributed by atoms with Gasteiger partial charge in [-0.25, -0.2) is 46.9 Å². The van der Waals surface area contributed by atoms with Gasteiger partial charge in [0.1, 0.15) is 41.4 Å². The van der Waals surface area contributed by atoms with Crippen molar-refractivity contribution in [3.63, 3.8) is 0 Å². The van der Waals surface area contributed by atoms with E-state index >= 15 is 0 Å². The predicted molar refractivity (Wildman–Crippen MR) is 415 cm³/mol. The van der Waals surface area contributed by atoms with E-state index in [9.17, 15) is 48.8 Å². The van der Waals surface area contributed by atoms with Crippen molar-refractivity contribution in [3.05, 3.63) is 179 Å². The topological polar surface area (TPSA) is 355 Å². The van der Waals surface area contributed by atoms with Crippen LogP contribution in [0.4, 0.5) is 27.7 Å². The summed E-state index contributed by atoms with van der Waals surface area (Å²) in [6.07, 6.45) is 11.6. The molecule has 4 fully saturated rings. The van der Waals surface area contributed by atoms with Crippen LogP contribution in [0.1, 0.15) is 166 Å². The molecule has 4 aliphatic heterocycles. The van der Waals surface area contributed by atoms with Gasteiger partial charge in [-0.15, -0.1) is 0 Å². The van der Waals surface area contributed by atoms with Crippen LogP contribution in [0, 0.1) is 29.5 Å². The number of nitrogens with one attached hydrogen (secondary N) is 4. The van der Waals surface area contributed by atoms with E-state index < -0.39 is 69.6 Å². The van der Waals surface area contributed by atoms with Crippen LogP contribution in [0.25, 0.3) is 11.3 Å². The van der Waals surface area contributed by atoms with Crippen LogP contribution >= 0.6 is 0 Å². The Bertz CT molecular complexity index is 5070. The molecule has 31 heteroatoms. The van der Waals surface area contributed by atoms with Crippen LogP contribution < -0.4 is 49.6 Å². The summed E-state index contributed by atoms with van der Waals surface area (Å²) in [4.78, 5) is 81.9. The van der Waals surface area contributed by atoms with E-state index in [-0.39, 0.29) is 90.1 Å². The van der Waals surface area contributed by atoms with Gasteiger partial charge in [0, 0.05) is 97.0 Å². The second kappa shape index (κ2) is 32.4. The molecule has 1 aromatic carbocycles. The van der Waals surface area contributed by atoms with Gasteiger partial charge in [-0.2, -0.15) is 21.8 Å². The maximum Gasteiger partial charge on any atom is 0.281 e. The fraction of sp³-hybridized carbons (Fsp3) is 0.449. The summed E-state index contributed by atoms with van der Waals surface area (Å²) in [5.74, 6) is 0.582. The highest BCUT2D eigenvalue weighted by atomic mass is 32.2. The lowest BCUT2D eigenvalue weighted by molar-refractivity contribution is 0.0382. The summed E-state index contributed by atoms with van der Waals surface area (Å²) < 4.78 is 118. The predicted octanol–water partition coefficient (Wildman–Crippen LogP) is 11.1. The van der Waals surface area contributed by atoms with Gasteiger partial charge >= 0.3 is 0 Å². The number of pyridine rings is 6. The molecule has 4 aliphatic rings. The molecule has 7 aromatic heterocycles. The van der Waals surface area contributed by atoms with E-state index in [2.05, 4.69) is 106 Å². The van der Waals surface area contributed by atoms with Crippen molar-refractivity contribution in [2.24, 2.45) is 23.7 Å². The molecule has 4 saturated heterocycles. The first-order chi connectivity index (χ1) is 51.1. The standard InChI is InChI=1S/C26H29FN4O5S.C26H33N5O4S.C26H37N5O4S/c1-5-36-17-8-10-20(27)19(13-17)21-11-9-18(23(29-21)31-15-16(2)14-26(31,3)4)24(32)30-37(34,35)22-7-6-12-28-25(22)33;1-19-16-25(2,3)31(17-19)23-20(10-9-13-27-23)24(32)29-36(33,34)22-12-8-11-21(28-22)35-18-26(4,5)30-14-6-7-15-30;1-25(2,3)20-10-9-18(24(32)30-36(33,34)22-8-6-7-21(27)29-22)23(28-20)31-14-11-19(26(31,4)5)17-12-15-35-16-13-17/h6-13,16H,5,14-15H2,1-4H3,(H,28,33)(H,30,32);6-15,19H,16-18H2,1-5H3,(H,29,32);6-10,17,19H,11-16H2,1-5H3,(H2,27,29)(H,30,32)/t16-;;/m0../s1. The van der Waals surface area contributed by atoms with Crippen LogP contribution in [0.5, 0.6) is 11.6 Å². The van der Waals surface area contributed by atoms with E-state index in [0.717, 1.165) is 70.2 Å². The number of aromatic amines is 1. The average molecular weight is 1560 g/mol. The summed E-state index contributed by atoms with van der Waals surface area (Å²) >= 11 is 0. The quantitative estimate of drug-likeness (QED) is 0.0473. The minimum atomic E-state index is -4.47. The van der Waals surface area contributed by atoms with Crippen molar-refractivity contribution in [3.8, 4) is 22.9 Å². The summed E-state index contributed by atoms with van der Waals surface area (Å²) in [7, 11) is -12.9. The highest BCUT2D eigenvalue weighted by Gasteiger charge is 2.48. The number of nitrogens with two attached hydrogens (primary N) is 1. The summed E-state index contributed by atoms with van der Waals surface area (Å²) in [6.45, 7) is 33.1. The number of nitrogens with zero attached hydrogens (tertiary/aromatic N) is 9. The van der Waals surface area contributed by atoms with E-state index in [4.69, 9.17) is 24.9 Å². The van der Waals surface area contributed by atoms with Gasteiger partial charge in [-0.1, -0.05) is 46.8 Å². The van der Waals surface area contributed by atoms with E-state index in [1.165, 1.54) is 72.9 Å². The molecule has 12 rings (SSSR count). The van der Waals surface area contributed by atoms with Crippen molar-refractivity contribution in [2.45, 2.75) is 172 Å². The summed E-state index contributed by atoms with van der Waals surface area (Å²) in [6, 6.07) is 28.9. The minimum Gasteiger partial charge on any atom is -0.494 e. The van der Waals surface area contributed by atoms with Crippen LogP contribution in [0.15, 0.2) is 160 Å². The second-order valence-corrected chi connectivity index (χ2v) is 36.4. The first-order valence-electron chi connectivity index (χ1n) is 36.3. The fourth-order valence-electron chi connectivity index (χ4n) is 14.9. The molecular formula is C78H99FN14O13S3. The van der Waals surface area contributed by atoms with Crippen molar-refractivity contribution in [1.82, 2.24) is 48.6 Å². The Morgan fingerprint density at radius 2 is 1.21 bits per heavy atom. The number of aromatic nitrogens is 7. The van der Waals surface area contributed by atoms with E-state index in [1.807, 2.05) is 73.3 Å². The SMILES string of the molecule is CC(C)(C)c1ccc(C(=O)NS(=O)(=O)c2cccc(N)n2)c(N2CCC(C3CCOCC3)C2(C)C)n1.CC1CN(c2ncccc2C(=O)NS(=O)(=O)c2cccc(OCC(C)(C)n3cccc3)n2)C(C)(C)C1.CCOc1ccc(F)c(-c2ccc(C(=O)NS(=O)(=O)c3ccc[nH]c3=O)c(N3C[C@@H](C)CC3(C)C)n2)c1. The zero-order chi connectivity index (χ0) is 79.4. The Balaban J connectivity index is 0.000000174. The van der Waals surface area contributed by atoms with Gasteiger partial charge in [0.15, 0.2) is 14.9 Å². The Kier molecular flexibility index (Phi) is 24.3. The van der Waals surface area contributed by atoms with E-state index in [1.54, 1.807) is 36.5 Å². The van der Waals surface area contributed by atoms with Gasteiger partial charge in [-0.3, -0.25) is 19.2 Å². The summed E-state index contributed by atoms with van der Waals surface area (Å²) in [5.41, 5.74) is 5.01. The van der Waals surface area contributed by atoms with Crippen LogP contribution in [-0.2, 0) is 45.8 Å². The summed E-state index contributed by atoms with van der Waals surface area (Å²) in [5, 5.41) is -0.606. The monoisotopic (exact) mass is 1550 g/mol. The maximum atomic E-state index is 14.8. The zero-order valence-corrected chi connectivity index (χ0v) is 66.5. The van der Waals surface area contributed by atoms with Crippen molar-refractivity contribution >= 4 is 71.1 Å². The second-order valence-electron chi connectivity index (χ2n) is 31.5. The number of carbonyl (C=O) groups excluding carboxylic acids is 3. The Morgan fingerprint density at radius 1 is 0.642 bits per heavy atom. The Hall–Kier alpha value is -9.85. The number of hydrogen-bond acceptors (Lipinski definition) is 22. The number of anilines is 4. The van der Waals surface area contributed by atoms with Crippen LogP contribution in [-0.4, -0.2) is 140 Å². The molecule has 2 unspecified atom stereocenters. The lowest BCUT2D eigenvalue weighted by Gasteiger charge is -2.42. The average Bonchev–Trinajstić information content (AvgIpc) is 1.71. The Morgan fingerprint density at radius 3 is 1.79 bits per heavy atom. The number of H-pyrrole nitrogens is 1. The van der Waals surface area contributed by atoms with Crippen LogP contribution in [0.3, 0.4) is 0 Å². The third-order valence-corrected chi connectivity index (χ3v) is 24.0. The van der Waals surface area contributed by atoms with Crippen molar-refractivity contribution < 1.29 is 58.2 Å². The third kappa shape index (κ3) is 18.9. The molecule has 584 valence electrons. The molecule has 8 aromatic rings. The molecule has 6 N–H and O–H groups in total. The van der Waals surface area contributed by atoms with Gasteiger partial charge in [0.2, 0.25) is 5.88 Å². The lowest BCUT2D eigenvalue weighted by atomic mass is 9.75. The first kappa shape index (κ1) is 81.7. The van der Waals surface area contributed by atoms with Gasteiger partial charge in [0.05, 0.1) is 34.5 Å². The van der Waals surface area contributed by atoms with Crippen molar-refractivity contribution in [2.75, 3.05) is 66.5 Å². The number of sulfonamides is 3. The molecule has 0 radical (unpaired) electrons. The zero-order valence-electron chi connectivity index (χ0n) is 64.1. The molecule has 0 aliphatic carbocycles. The van der Waals surface area contributed by atoms with Crippen molar-refractivity contribution in [1.29, 1.82) is 0 Å². The molecule has 109 heavy (non-hydrogen) atoms. The minimum absolute atomic E-state index is 0.0109. The molecule has 3 atom stereocenters. The number of ether oxygens (including phenoxy) is 3. The van der Waals surface area contributed by atoms with Gasteiger partial charge in [-0.05, 0) is 215 Å². The smallest absolute Gasteiger partial charge is 0.281 e. The van der Waals surface area contributed by atoms with Gasteiger partial charge < -0.3 is 44.2 Å². The third-order valence-electron chi connectivity index (χ3n) is 20.2. The number of carbonyl (C=O) groups is 3. The number of amides is 3. The molecule has 27 nitrogen and oxygen atoms in total. The van der Waals surface area contributed by atoms with Crippen LogP contribution in [0.2, 0.25) is 0 Å². The number of benzene rings is 1. The molecule has 3 amide bonds. The molecule has 0 bridgehead atoms. The number of rotatable bonds is 20. The lowest BCUT2D eigenvalue weighted by Crippen LogP contribution is -2.47. The number of halogens is 1. The Labute approximate surface area is 637 Å². The molecule has 0 spiro atoms. The highest BCUT2D eigenvalue weighted by Crippen LogP contribution is 2.46. The van der Waals surface area contributed by atoms with E-state index in [0.29, 0.717) is 48.3 Å². The number of hydrogen-bond donors (Lipinski definition) is 5.